The Morgan fingerprint density at radius 2 is 2.27 bits per heavy atom. The third-order valence-corrected chi connectivity index (χ3v) is 5.62. The van der Waals surface area contributed by atoms with Crippen molar-refractivity contribution in [2.45, 2.75) is 19.4 Å². The van der Waals surface area contributed by atoms with Gasteiger partial charge in [-0.2, -0.15) is 4.98 Å². The minimum absolute atomic E-state index is 0.0615. The summed E-state index contributed by atoms with van der Waals surface area (Å²) >= 11 is 1.48. The predicted octanol–water partition coefficient (Wildman–Crippen LogP) is 3.17. The van der Waals surface area contributed by atoms with Gasteiger partial charge in [0.15, 0.2) is 10.7 Å². The number of nitrogens with one attached hydrogen (secondary N) is 2. The fourth-order valence-corrected chi connectivity index (χ4v) is 4.12. The summed E-state index contributed by atoms with van der Waals surface area (Å²) in [6.07, 6.45) is 0.771. The molecule has 2 N–H and O–H groups in total. The van der Waals surface area contributed by atoms with Crippen molar-refractivity contribution in [3.05, 3.63) is 28.8 Å². The molecule has 136 valence electrons. The number of anilines is 2. The lowest BCUT2D eigenvalue weighted by Gasteiger charge is -2.31. The highest BCUT2D eigenvalue weighted by Crippen LogP contribution is 2.39. The molecule has 0 spiro atoms. The number of amides is 2. The number of oxazole rings is 1. The van der Waals surface area contributed by atoms with E-state index in [1.54, 1.807) is 14.2 Å². The molecule has 1 aromatic carbocycles. The third-order valence-electron chi connectivity index (χ3n) is 4.44. The summed E-state index contributed by atoms with van der Waals surface area (Å²) in [4.78, 5) is 23.9. The zero-order valence-corrected chi connectivity index (χ0v) is 15.5. The van der Waals surface area contributed by atoms with Crippen molar-refractivity contribution in [1.82, 2.24) is 15.3 Å². The van der Waals surface area contributed by atoms with Crippen molar-refractivity contribution in [2.75, 3.05) is 30.9 Å². The van der Waals surface area contributed by atoms with Gasteiger partial charge in [0.2, 0.25) is 0 Å². The molecule has 9 heteroatoms. The normalized spacial score (nSPS) is 16.4. The van der Waals surface area contributed by atoms with Crippen molar-refractivity contribution in [1.29, 1.82) is 0 Å². The van der Waals surface area contributed by atoms with Crippen LogP contribution in [0.4, 0.5) is 15.9 Å². The van der Waals surface area contributed by atoms with Crippen LogP contribution in [0.25, 0.3) is 11.1 Å². The number of thiazole rings is 1. The van der Waals surface area contributed by atoms with Gasteiger partial charge >= 0.3 is 6.03 Å². The fraction of sp³-hybridized carbons (Fsp3) is 0.353. The zero-order valence-electron chi connectivity index (χ0n) is 14.7. The highest BCUT2D eigenvalue weighted by Gasteiger charge is 2.30. The molecule has 3 heterocycles. The van der Waals surface area contributed by atoms with Gasteiger partial charge in [-0.15, -0.1) is 0 Å². The molecule has 2 aromatic heterocycles. The predicted molar refractivity (Wildman–Crippen MR) is 100 cm³/mol. The maximum Gasteiger partial charge on any atom is 0.320 e. The average molecular weight is 373 g/mol. The average Bonchev–Trinajstić information content (AvgIpc) is 3.25. The molecular weight excluding hydrogens is 354 g/mol. The van der Waals surface area contributed by atoms with E-state index < -0.39 is 0 Å². The summed E-state index contributed by atoms with van der Waals surface area (Å²) in [5, 5.41) is 5.88. The molecule has 3 aromatic rings. The molecule has 0 saturated carbocycles. The van der Waals surface area contributed by atoms with Gasteiger partial charge < -0.3 is 19.4 Å². The van der Waals surface area contributed by atoms with E-state index in [-0.39, 0.29) is 12.1 Å². The first-order valence-corrected chi connectivity index (χ1v) is 9.10. The van der Waals surface area contributed by atoms with Crippen LogP contribution < -0.4 is 20.3 Å². The van der Waals surface area contributed by atoms with Gasteiger partial charge in [0, 0.05) is 26.1 Å². The van der Waals surface area contributed by atoms with Crippen molar-refractivity contribution < 1.29 is 13.9 Å². The van der Waals surface area contributed by atoms with E-state index in [1.165, 1.54) is 11.3 Å². The molecule has 0 aliphatic carbocycles. The highest BCUT2D eigenvalue weighted by atomic mass is 32.1. The molecule has 8 nitrogen and oxygen atoms in total. The van der Waals surface area contributed by atoms with Gasteiger partial charge in [0.25, 0.3) is 6.01 Å². The van der Waals surface area contributed by atoms with Crippen molar-refractivity contribution in [2.24, 2.45) is 0 Å². The number of benzene rings is 1. The Morgan fingerprint density at radius 1 is 1.42 bits per heavy atom. The van der Waals surface area contributed by atoms with Gasteiger partial charge in [-0.1, -0.05) is 11.3 Å². The molecular formula is C17H19N5O3S. The smallest absolute Gasteiger partial charge is 0.320 e. The summed E-state index contributed by atoms with van der Waals surface area (Å²) in [6, 6.07) is 5.96. The number of methoxy groups -OCH3 is 1. The number of rotatable bonds is 3. The Hall–Kier alpha value is -2.81. The van der Waals surface area contributed by atoms with Crippen molar-refractivity contribution in [3.63, 3.8) is 0 Å². The minimum Gasteiger partial charge on any atom is -0.497 e. The SMILES string of the molecule is CNC(=O)Nc1nc2c(s1)[C@H](C)N(c1nc3cc(OC)ccc3o1)CC2. The van der Waals surface area contributed by atoms with Gasteiger partial charge in [-0.25, -0.2) is 9.78 Å². The van der Waals surface area contributed by atoms with Gasteiger partial charge in [0.05, 0.1) is 23.7 Å². The van der Waals surface area contributed by atoms with Crippen LogP contribution in [0.15, 0.2) is 22.6 Å². The van der Waals surface area contributed by atoms with E-state index in [0.29, 0.717) is 11.1 Å². The Balaban J connectivity index is 1.62. The zero-order chi connectivity index (χ0) is 18.3. The van der Waals surface area contributed by atoms with E-state index in [4.69, 9.17) is 9.15 Å². The maximum atomic E-state index is 11.5. The lowest BCUT2D eigenvalue weighted by atomic mass is 10.1. The molecule has 0 unspecified atom stereocenters. The Morgan fingerprint density at radius 3 is 3.04 bits per heavy atom. The number of fused-ring (bicyclic) bond motifs is 2. The number of aromatic nitrogens is 2. The standard InChI is InChI=1S/C17H19N5O3S/c1-9-14-11(19-16(26-14)21-15(23)18-2)6-7-22(9)17-20-12-8-10(24-3)4-5-13(12)25-17/h4-5,8-9H,6-7H2,1-3H3,(H2,18,19,21,23)/t9-/m0/s1. The number of carbonyl (C=O) groups is 1. The lowest BCUT2D eigenvalue weighted by molar-refractivity contribution is 0.254. The largest absolute Gasteiger partial charge is 0.497 e. The first-order chi connectivity index (χ1) is 12.6. The van der Waals surface area contributed by atoms with E-state index in [0.717, 1.165) is 40.4 Å². The van der Waals surface area contributed by atoms with E-state index in [2.05, 4.69) is 32.4 Å². The summed E-state index contributed by atoms with van der Waals surface area (Å²) in [5.41, 5.74) is 2.51. The molecule has 0 fully saturated rings. The van der Waals surface area contributed by atoms with Crippen LogP contribution in [0.3, 0.4) is 0 Å². The van der Waals surface area contributed by atoms with Crippen LogP contribution in [0.1, 0.15) is 23.5 Å². The van der Waals surface area contributed by atoms with Crippen LogP contribution in [-0.4, -0.2) is 36.7 Å². The summed E-state index contributed by atoms with van der Waals surface area (Å²) in [5.74, 6) is 0.749. The van der Waals surface area contributed by atoms with Crippen molar-refractivity contribution >= 4 is 39.6 Å². The first kappa shape index (κ1) is 16.6. The lowest BCUT2D eigenvalue weighted by Crippen LogP contribution is -2.33. The van der Waals surface area contributed by atoms with Gasteiger partial charge in [0.1, 0.15) is 11.3 Å². The van der Waals surface area contributed by atoms with E-state index >= 15 is 0 Å². The molecule has 1 atom stereocenters. The van der Waals surface area contributed by atoms with Crippen LogP contribution in [-0.2, 0) is 6.42 Å². The van der Waals surface area contributed by atoms with E-state index in [1.807, 2.05) is 18.2 Å². The quantitative estimate of drug-likeness (QED) is 0.733. The Kier molecular flexibility index (Phi) is 4.15. The Labute approximate surface area is 154 Å². The molecule has 0 saturated heterocycles. The second-order valence-corrected chi connectivity index (χ2v) is 7.01. The minimum atomic E-state index is -0.270. The van der Waals surface area contributed by atoms with Gasteiger partial charge in [-0.05, 0) is 19.1 Å². The van der Waals surface area contributed by atoms with Crippen LogP contribution in [0.5, 0.6) is 5.75 Å². The molecule has 0 radical (unpaired) electrons. The topological polar surface area (TPSA) is 92.5 Å². The molecule has 1 aliphatic rings. The molecule has 4 rings (SSSR count). The maximum absolute atomic E-state index is 11.5. The Bertz CT molecular complexity index is 967. The van der Waals surface area contributed by atoms with Crippen LogP contribution >= 0.6 is 11.3 Å². The molecule has 2 amide bonds. The number of hydrogen-bond donors (Lipinski definition) is 2. The molecule has 26 heavy (non-hydrogen) atoms. The van der Waals surface area contributed by atoms with Crippen molar-refractivity contribution in [3.8, 4) is 5.75 Å². The first-order valence-electron chi connectivity index (χ1n) is 8.28. The summed E-state index contributed by atoms with van der Waals surface area (Å²) < 4.78 is 11.2. The summed E-state index contributed by atoms with van der Waals surface area (Å²) in [6.45, 7) is 2.84. The number of nitrogens with zero attached hydrogens (tertiary/aromatic N) is 3. The highest BCUT2D eigenvalue weighted by molar-refractivity contribution is 7.16. The third kappa shape index (κ3) is 2.84. The summed E-state index contributed by atoms with van der Waals surface area (Å²) in [7, 11) is 3.21. The molecule has 0 bridgehead atoms. The van der Waals surface area contributed by atoms with Gasteiger partial charge in [-0.3, -0.25) is 5.32 Å². The fourth-order valence-electron chi connectivity index (χ4n) is 3.05. The van der Waals surface area contributed by atoms with Crippen LogP contribution in [0.2, 0.25) is 0 Å². The van der Waals surface area contributed by atoms with Crippen LogP contribution in [0, 0.1) is 0 Å². The second-order valence-electron chi connectivity index (χ2n) is 5.98. The number of carbonyl (C=O) groups excluding carboxylic acids is 1. The number of ether oxygens (including phenoxy) is 1. The second kappa shape index (κ2) is 6.49. The van der Waals surface area contributed by atoms with E-state index in [9.17, 15) is 4.79 Å². The number of hydrogen-bond acceptors (Lipinski definition) is 7. The number of urea groups is 1. The molecule has 1 aliphatic heterocycles. The monoisotopic (exact) mass is 373 g/mol.